The first-order valence-electron chi connectivity index (χ1n) is 8.98. The summed E-state index contributed by atoms with van der Waals surface area (Å²) in [7, 11) is 1.65. The molecular weight excluding hydrogens is 304 g/mol. The molecule has 0 aliphatic carbocycles. The van der Waals surface area contributed by atoms with E-state index in [1.165, 1.54) is 0 Å². The first-order chi connectivity index (χ1) is 11.7. The second kappa shape index (κ2) is 9.52. The van der Waals surface area contributed by atoms with E-state index in [-0.39, 0.29) is 11.8 Å². The fraction of sp³-hybridized carbons (Fsp3) is 0.632. The van der Waals surface area contributed by atoms with Crippen molar-refractivity contribution in [2.24, 2.45) is 5.92 Å². The minimum absolute atomic E-state index is 0.116. The molecule has 0 radical (unpaired) electrons. The van der Waals surface area contributed by atoms with Crippen molar-refractivity contribution < 1.29 is 14.3 Å². The average Bonchev–Trinajstić information content (AvgIpc) is 3.14. The standard InChI is InChI=1S/C19H30N2O3/c1-4-10-21(19(22)16-8-9-20-13-16)14-15-6-7-17(24-11-5-2)18(12-15)23-3/h6-7,12,16,20H,4-5,8-11,13-14H2,1-3H3. The number of amides is 1. The zero-order chi connectivity index (χ0) is 17.4. The normalized spacial score (nSPS) is 16.9. The molecule has 1 saturated heterocycles. The monoisotopic (exact) mass is 334 g/mol. The third-order valence-electron chi connectivity index (χ3n) is 4.28. The summed E-state index contributed by atoms with van der Waals surface area (Å²) in [5, 5.41) is 3.28. The molecule has 1 aliphatic heterocycles. The van der Waals surface area contributed by atoms with Crippen LogP contribution >= 0.6 is 0 Å². The molecule has 0 aromatic heterocycles. The lowest BCUT2D eigenvalue weighted by Gasteiger charge is -2.25. The molecule has 2 rings (SSSR count). The van der Waals surface area contributed by atoms with Gasteiger partial charge >= 0.3 is 0 Å². The summed E-state index contributed by atoms with van der Waals surface area (Å²) in [4.78, 5) is 14.7. The van der Waals surface area contributed by atoms with Gasteiger partial charge in [0.05, 0.1) is 19.6 Å². The first-order valence-corrected chi connectivity index (χ1v) is 8.98. The number of hydrogen-bond acceptors (Lipinski definition) is 4. The lowest BCUT2D eigenvalue weighted by atomic mass is 10.1. The van der Waals surface area contributed by atoms with Crippen LogP contribution in [0, 0.1) is 5.92 Å². The van der Waals surface area contributed by atoms with Crippen molar-refractivity contribution in [2.75, 3.05) is 33.4 Å². The highest BCUT2D eigenvalue weighted by Crippen LogP contribution is 2.29. The number of ether oxygens (including phenoxy) is 2. The fourth-order valence-corrected chi connectivity index (χ4v) is 3.02. The van der Waals surface area contributed by atoms with Crippen LogP contribution in [0.15, 0.2) is 18.2 Å². The SMILES string of the molecule is CCCOc1ccc(CN(CCC)C(=O)C2CCNC2)cc1OC. The molecular formula is C19H30N2O3. The lowest BCUT2D eigenvalue weighted by Crippen LogP contribution is -2.37. The van der Waals surface area contributed by atoms with Crippen molar-refractivity contribution >= 4 is 5.91 Å². The van der Waals surface area contributed by atoms with Gasteiger partial charge < -0.3 is 19.7 Å². The van der Waals surface area contributed by atoms with Gasteiger partial charge in [0.1, 0.15) is 0 Å². The van der Waals surface area contributed by atoms with E-state index in [0.717, 1.165) is 56.0 Å². The van der Waals surface area contributed by atoms with Crippen molar-refractivity contribution in [3.05, 3.63) is 23.8 Å². The number of nitrogens with zero attached hydrogens (tertiary/aromatic N) is 1. The molecule has 1 atom stereocenters. The first kappa shape index (κ1) is 18.6. The van der Waals surface area contributed by atoms with Gasteiger partial charge in [-0.3, -0.25) is 4.79 Å². The molecule has 1 fully saturated rings. The minimum Gasteiger partial charge on any atom is -0.493 e. The van der Waals surface area contributed by atoms with Crippen molar-refractivity contribution in [2.45, 2.75) is 39.7 Å². The molecule has 0 spiro atoms. The highest BCUT2D eigenvalue weighted by molar-refractivity contribution is 5.79. The smallest absolute Gasteiger partial charge is 0.227 e. The molecule has 1 N–H and O–H groups in total. The van der Waals surface area contributed by atoms with E-state index in [1.807, 2.05) is 23.1 Å². The topological polar surface area (TPSA) is 50.8 Å². The number of rotatable bonds is 9. The lowest BCUT2D eigenvalue weighted by molar-refractivity contribution is -0.135. The molecule has 134 valence electrons. The summed E-state index contributed by atoms with van der Waals surface area (Å²) in [6, 6.07) is 5.94. The molecule has 1 aromatic rings. The second-order valence-electron chi connectivity index (χ2n) is 6.28. The van der Waals surface area contributed by atoms with Crippen LogP contribution in [-0.4, -0.2) is 44.2 Å². The highest BCUT2D eigenvalue weighted by Gasteiger charge is 2.26. The summed E-state index contributed by atoms with van der Waals surface area (Å²) in [5.41, 5.74) is 1.07. The van der Waals surface area contributed by atoms with Gasteiger partial charge in [-0.25, -0.2) is 0 Å². The number of nitrogens with one attached hydrogen (secondary N) is 1. The van der Waals surface area contributed by atoms with E-state index in [9.17, 15) is 4.79 Å². The van der Waals surface area contributed by atoms with Crippen LogP contribution in [0.1, 0.15) is 38.7 Å². The van der Waals surface area contributed by atoms with E-state index in [4.69, 9.17) is 9.47 Å². The van der Waals surface area contributed by atoms with E-state index >= 15 is 0 Å². The minimum atomic E-state index is 0.116. The molecule has 5 heteroatoms. The Morgan fingerprint density at radius 2 is 2.12 bits per heavy atom. The van der Waals surface area contributed by atoms with E-state index < -0.39 is 0 Å². The summed E-state index contributed by atoms with van der Waals surface area (Å²) >= 11 is 0. The third kappa shape index (κ3) is 4.87. The van der Waals surface area contributed by atoms with Crippen molar-refractivity contribution in [1.29, 1.82) is 0 Å². The molecule has 1 aromatic carbocycles. The summed E-state index contributed by atoms with van der Waals surface area (Å²) in [6.45, 7) is 7.99. The van der Waals surface area contributed by atoms with Crippen molar-refractivity contribution in [3.8, 4) is 11.5 Å². The maximum absolute atomic E-state index is 12.7. The molecule has 5 nitrogen and oxygen atoms in total. The number of methoxy groups -OCH3 is 1. The van der Waals surface area contributed by atoms with Crippen molar-refractivity contribution in [1.82, 2.24) is 10.2 Å². The number of carbonyl (C=O) groups is 1. The summed E-state index contributed by atoms with van der Waals surface area (Å²) in [5.74, 6) is 1.86. The maximum atomic E-state index is 12.7. The Bertz CT molecular complexity index is 527. The van der Waals surface area contributed by atoms with Gasteiger partial charge in [-0.1, -0.05) is 19.9 Å². The Balaban J connectivity index is 2.09. The number of benzene rings is 1. The number of carbonyl (C=O) groups excluding carboxylic acids is 1. The Morgan fingerprint density at radius 3 is 2.75 bits per heavy atom. The third-order valence-corrected chi connectivity index (χ3v) is 4.28. The van der Waals surface area contributed by atoms with Crippen molar-refractivity contribution in [3.63, 3.8) is 0 Å². The van der Waals surface area contributed by atoms with Gasteiger partial charge in [0, 0.05) is 19.6 Å². The molecule has 24 heavy (non-hydrogen) atoms. The van der Waals surface area contributed by atoms with Gasteiger partial charge in [0.2, 0.25) is 5.91 Å². The van der Waals surface area contributed by atoms with Crippen LogP contribution in [-0.2, 0) is 11.3 Å². The summed E-state index contributed by atoms with van der Waals surface area (Å²) < 4.78 is 11.1. The zero-order valence-electron chi connectivity index (χ0n) is 15.1. The average molecular weight is 334 g/mol. The maximum Gasteiger partial charge on any atom is 0.227 e. The zero-order valence-corrected chi connectivity index (χ0v) is 15.1. The molecule has 1 amide bonds. The molecule has 1 aliphatic rings. The van der Waals surface area contributed by atoms with E-state index in [1.54, 1.807) is 7.11 Å². The van der Waals surface area contributed by atoms with Gasteiger partial charge in [0.25, 0.3) is 0 Å². The van der Waals surface area contributed by atoms with E-state index in [2.05, 4.69) is 19.2 Å². The number of hydrogen-bond donors (Lipinski definition) is 1. The van der Waals surface area contributed by atoms with Crippen LogP contribution in [0.3, 0.4) is 0 Å². The predicted octanol–water partition coefficient (Wildman–Crippen LogP) is 2.83. The Morgan fingerprint density at radius 1 is 1.29 bits per heavy atom. The summed E-state index contributed by atoms with van der Waals surface area (Å²) in [6.07, 6.45) is 2.85. The molecule has 0 bridgehead atoms. The van der Waals surface area contributed by atoms with E-state index in [0.29, 0.717) is 13.2 Å². The van der Waals surface area contributed by atoms with Gasteiger partial charge in [-0.2, -0.15) is 0 Å². The molecule has 1 heterocycles. The van der Waals surface area contributed by atoms with Crippen LogP contribution in [0.2, 0.25) is 0 Å². The van der Waals surface area contributed by atoms with Gasteiger partial charge in [-0.15, -0.1) is 0 Å². The fourth-order valence-electron chi connectivity index (χ4n) is 3.02. The Hall–Kier alpha value is -1.75. The van der Waals surface area contributed by atoms with Crippen LogP contribution < -0.4 is 14.8 Å². The quantitative estimate of drug-likeness (QED) is 0.754. The molecule has 1 unspecified atom stereocenters. The molecule has 0 saturated carbocycles. The van der Waals surface area contributed by atoms with Gasteiger partial charge in [-0.05, 0) is 43.5 Å². The van der Waals surface area contributed by atoms with Gasteiger partial charge in [0.15, 0.2) is 11.5 Å². The van der Waals surface area contributed by atoms with Crippen LogP contribution in [0.4, 0.5) is 0 Å². The predicted molar refractivity (Wildman–Crippen MR) is 95.5 cm³/mol. The van der Waals surface area contributed by atoms with Crippen LogP contribution in [0.25, 0.3) is 0 Å². The van der Waals surface area contributed by atoms with Crippen LogP contribution in [0.5, 0.6) is 11.5 Å². The Labute approximate surface area is 145 Å². The highest BCUT2D eigenvalue weighted by atomic mass is 16.5. The second-order valence-corrected chi connectivity index (χ2v) is 6.28. The Kier molecular flexibility index (Phi) is 7.37. The largest absolute Gasteiger partial charge is 0.493 e.